The molecule has 0 aliphatic rings. The molecule has 2 atom stereocenters. The molecule has 7 heteroatoms. The van der Waals surface area contributed by atoms with Crippen molar-refractivity contribution in [3.63, 3.8) is 0 Å². The molecule has 44 heavy (non-hydrogen) atoms. The predicted molar refractivity (Wildman–Crippen MR) is 183 cm³/mol. The first-order chi connectivity index (χ1) is 21.3. The highest BCUT2D eigenvalue weighted by Crippen LogP contribution is 2.26. The molecule has 1 rings (SSSR count). The van der Waals surface area contributed by atoms with E-state index in [1.165, 1.54) is 31.0 Å². The van der Waals surface area contributed by atoms with Gasteiger partial charge in [-0.25, -0.2) is 4.79 Å². The molecule has 1 aromatic rings. The van der Waals surface area contributed by atoms with Crippen LogP contribution < -0.4 is 4.74 Å². The van der Waals surface area contributed by atoms with Gasteiger partial charge < -0.3 is 14.6 Å². The Morgan fingerprint density at radius 2 is 1.41 bits per heavy atom. The highest BCUT2D eigenvalue weighted by atomic mass is 32.2. The lowest BCUT2D eigenvalue weighted by atomic mass is 9.92. The summed E-state index contributed by atoms with van der Waals surface area (Å²) in [6.07, 6.45) is 30.3. The first-order valence-corrected chi connectivity index (χ1v) is 16.8. The second-order valence-electron chi connectivity index (χ2n) is 10.9. The predicted octanol–water partition coefficient (Wildman–Crippen LogP) is 9.54. The third kappa shape index (κ3) is 18.5. The van der Waals surface area contributed by atoms with Crippen LogP contribution in [-0.4, -0.2) is 41.1 Å². The van der Waals surface area contributed by atoms with E-state index in [-0.39, 0.29) is 29.4 Å². The second-order valence-corrected chi connectivity index (χ2v) is 12.0. The van der Waals surface area contributed by atoms with Crippen molar-refractivity contribution in [1.82, 2.24) is 0 Å². The maximum atomic E-state index is 13.0. The van der Waals surface area contributed by atoms with E-state index in [1.54, 1.807) is 12.1 Å². The van der Waals surface area contributed by atoms with E-state index in [4.69, 9.17) is 9.47 Å². The molecule has 0 aliphatic heterocycles. The van der Waals surface area contributed by atoms with Crippen LogP contribution in [0, 0.1) is 11.8 Å². The molecular weight excluding hydrogens is 572 g/mol. The van der Waals surface area contributed by atoms with Crippen LogP contribution in [0.4, 0.5) is 0 Å². The molecule has 6 nitrogen and oxygen atoms in total. The van der Waals surface area contributed by atoms with Crippen LogP contribution in [0.15, 0.2) is 85.0 Å². The number of unbranched alkanes of at least 4 members (excludes halogenated alkanes) is 2. The lowest BCUT2D eigenvalue weighted by molar-refractivity contribution is -0.142. The summed E-state index contributed by atoms with van der Waals surface area (Å²) in [5.41, 5.74) is -0.747. The zero-order valence-corrected chi connectivity index (χ0v) is 27.8. The van der Waals surface area contributed by atoms with Crippen LogP contribution in [0.3, 0.4) is 0 Å². The zero-order chi connectivity index (χ0) is 32.4. The minimum absolute atomic E-state index is 0.0161. The minimum atomic E-state index is -1.18. The van der Waals surface area contributed by atoms with Gasteiger partial charge in [-0.1, -0.05) is 93.7 Å². The average molecular weight is 625 g/mol. The van der Waals surface area contributed by atoms with E-state index in [2.05, 4.69) is 67.7 Å². The maximum absolute atomic E-state index is 13.0. The summed E-state index contributed by atoms with van der Waals surface area (Å²) in [5.74, 6) is -1.71. The summed E-state index contributed by atoms with van der Waals surface area (Å²) in [4.78, 5) is 37.5. The third-order valence-corrected chi connectivity index (χ3v) is 7.82. The first kappa shape index (κ1) is 38.9. The van der Waals surface area contributed by atoms with Crippen LogP contribution in [0.25, 0.3) is 0 Å². The molecule has 0 bridgehead atoms. The van der Waals surface area contributed by atoms with Gasteiger partial charge in [-0.05, 0) is 81.6 Å². The van der Waals surface area contributed by atoms with E-state index in [0.29, 0.717) is 6.42 Å². The molecule has 242 valence electrons. The van der Waals surface area contributed by atoms with E-state index in [1.807, 2.05) is 13.8 Å². The van der Waals surface area contributed by atoms with Crippen molar-refractivity contribution in [2.75, 3.05) is 12.9 Å². The zero-order valence-electron chi connectivity index (χ0n) is 27.0. The number of esters is 1. The molecule has 0 heterocycles. The van der Waals surface area contributed by atoms with Gasteiger partial charge in [0.1, 0.15) is 11.3 Å². The molecule has 0 spiro atoms. The van der Waals surface area contributed by atoms with E-state index < -0.39 is 23.3 Å². The minimum Gasteiger partial charge on any atom is -0.478 e. The van der Waals surface area contributed by atoms with E-state index in [9.17, 15) is 19.5 Å². The summed E-state index contributed by atoms with van der Waals surface area (Å²) >= 11 is 1.45. The van der Waals surface area contributed by atoms with Crippen molar-refractivity contribution in [1.29, 1.82) is 0 Å². The fourth-order valence-corrected chi connectivity index (χ4v) is 5.31. The van der Waals surface area contributed by atoms with Crippen molar-refractivity contribution in [3.05, 3.63) is 90.6 Å². The number of Topliss-reactive ketones (excluding diaryl/α,β-unsaturated/α-hetero) is 1. The van der Waals surface area contributed by atoms with Gasteiger partial charge in [-0.2, -0.15) is 0 Å². The van der Waals surface area contributed by atoms with Gasteiger partial charge in [0.05, 0.1) is 5.92 Å². The van der Waals surface area contributed by atoms with Crippen molar-refractivity contribution in [3.8, 4) is 5.75 Å². The first-order valence-electron chi connectivity index (χ1n) is 15.8. The number of hydrogen-bond donors (Lipinski definition) is 1. The molecule has 1 N–H and O–H groups in total. The normalized spacial score (nSPS) is 13.7. The van der Waals surface area contributed by atoms with Crippen molar-refractivity contribution >= 4 is 29.5 Å². The Morgan fingerprint density at radius 1 is 0.841 bits per heavy atom. The smallest absolute Gasteiger partial charge is 0.339 e. The van der Waals surface area contributed by atoms with Crippen molar-refractivity contribution in [2.24, 2.45) is 11.8 Å². The number of thioether (sulfide) groups is 1. The monoisotopic (exact) mass is 624 g/mol. The van der Waals surface area contributed by atoms with Gasteiger partial charge in [0, 0.05) is 13.5 Å². The Morgan fingerprint density at radius 3 is 1.95 bits per heavy atom. The van der Waals surface area contributed by atoms with Gasteiger partial charge in [-0.3, -0.25) is 9.59 Å². The number of allylic oxidation sites excluding steroid dienone is 10. The summed E-state index contributed by atoms with van der Waals surface area (Å²) in [6.45, 7) is 6.08. The van der Waals surface area contributed by atoms with Gasteiger partial charge in [-0.15, -0.1) is 11.8 Å². The lowest BCUT2D eigenvalue weighted by Gasteiger charge is -2.20. The average Bonchev–Trinajstić information content (AvgIpc) is 2.99. The number of ether oxygens (including phenoxy) is 2. The second kappa shape index (κ2) is 25.2. The largest absolute Gasteiger partial charge is 0.478 e. The number of methoxy groups -OCH3 is 1. The van der Waals surface area contributed by atoms with Crippen LogP contribution in [0.5, 0.6) is 5.75 Å². The fraction of sp³-hybridized carbons (Fsp3) is 0.486. The van der Waals surface area contributed by atoms with Gasteiger partial charge in [0.25, 0.3) is 0 Å². The number of carboxylic acid groups (broad SMARTS) is 1. The Kier molecular flexibility index (Phi) is 22.3. The number of carboxylic acids is 1. The number of rotatable bonds is 24. The quantitative estimate of drug-likeness (QED) is 0.0403. The fourth-order valence-electron chi connectivity index (χ4n) is 4.31. The third-order valence-electron chi connectivity index (χ3n) is 6.53. The van der Waals surface area contributed by atoms with Crippen molar-refractivity contribution < 1.29 is 29.0 Å². The van der Waals surface area contributed by atoms with Crippen LogP contribution in [0.2, 0.25) is 0 Å². The Labute approximate surface area is 269 Å². The summed E-state index contributed by atoms with van der Waals surface area (Å²) in [6, 6.07) is 6.01. The molecule has 0 aliphatic carbocycles. The lowest BCUT2D eigenvalue weighted by Crippen LogP contribution is -2.29. The Balaban J connectivity index is 2.35. The van der Waals surface area contributed by atoms with Crippen LogP contribution in [-0.2, 0) is 14.3 Å². The van der Waals surface area contributed by atoms with Crippen LogP contribution in [0.1, 0.15) is 95.3 Å². The van der Waals surface area contributed by atoms with Crippen molar-refractivity contribution in [2.45, 2.75) is 90.4 Å². The standard InChI is InChI=1S/C37H52O6S/c1-5-6-7-8-9-10-11-12-13-14-15-16-17-18-19-20-21-24-27-44-37(42-4)33(38)29-31(28-30(2)3)36(41)43-34-26-23-22-25-32(34)35(39)40/h6-7,9-10,12-13,15-16,18-19,22-23,25-26,30-31,37H,5,8,11,14,17,20-21,24,27-29H2,1-4H3,(H,39,40)/b7-6-,10-9-,13-12-,16-15-,19-18-. The highest BCUT2D eigenvalue weighted by Gasteiger charge is 2.29. The molecule has 0 radical (unpaired) electrons. The molecular formula is C37H52O6S. The Bertz CT molecular complexity index is 1110. The number of carbonyl (C=O) groups excluding carboxylic acids is 2. The molecule has 0 amide bonds. The molecule has 0 saturated carbocycles. The summed E-state index contributed by atoms with van der Waals surface area (Å²) in [5, 5.41) is 9.39. The number of benzene rings is 1. The molecule has 0 fully saturated rings. The van der Waals surface area contributed by atoms with E-state index in [0.717, 1.165) is 57.1 Å². The van der Waals surface area contributed by atoms with Gasteiger partial charge >= 0.3 is 11.9 Å². The van der Waals surface area contributed by atoms with Gasteiger partial charge in [0.15, 0.2) is 11.2 Å². The summed E-state index contributed by atoms with van der Waals surface area (Å²) < 4.78 is 10.9. The molecule has 0 aromatic heterocycles. The topological polar surface area (TPSA) is 89.9 Å². The molecule has 2 unspecified atom stereocenters. The summed E-state index contributed by atoms with van der Waals surface area (Å²) in [7, 11) is 1.50. The number of ketones is 1. The number of hydrogen-bond acceptors (Lipinski definition) is 6. The SMILES string of the molecule is CC/C=C\C/C=C\C/C=C\C/C=C\C/C=C\CCCCSC(OC)C(=O)CC(CC(C)C)C(=O)Oc1ccccc1C(=O)O. The maximum Gasteiger partial charge on any atom is 0.339 e. The highest BCUT2D eigenvalue weighted by molar-refractivity contribution is 8.00. The molecule has 1 aromatic carbocycles. The van der Waals surface area contributed by atoms with Gasteiger partial charge in [0.2, 0.25) is 0 Å². The van der Waals surface area contributed by atoms with Crippen LogP contribution >= 0.6 is 11.8 Å². The molecule has 0 saturated heterocycles. The number of aromatic carboxylic acids is 1. The van der Waals surface area contributed by atoms with E-state index >= 15 is 0 Å². The number of carbonyl (C=O) groups is 3. The Hall–Kier alpha value is -3.16. The number of para-hydroxylation sites is 1.